The average Bonchev–Trinajstić information content (AvgIpc) is 2.41. The minimum atomic E-state index is -0.360. The Morgan fingerprint density at radius 3 is 2.84 bits per heavy atom. The number of carbonyl (C=O) groups is 2. The Morgan fingerprint density at radius 2 is 2.16 bits per heavy atom. The van der Waals surface area contributed by atoms with Gasteiger partial charge in [0.1, 0.15) is 0 Å². The van der Waals surface area contributed by atoms with Crippen LogP contribution in [0.1, 0.15) is 35.7 Å². The molecular formula is C15H16O3S. The smallest absolute Gasteiger partial charge is 0.337 e. The van der Waals surface area contributed by atoms with Crippen LogP contribution in [0.5, 0.6) is 0 Å². The Kier molecular flexibility index (Phi) is 6.76. The molecule has 0 atom stereocenters. The van der Waals surface area contributed by atoms with Crippen LogP contribution in [0.4, 0.5) is 0 Å². The fourth-order valence-corrected chi connectivity index (χ4v) is 1.96. The molecule has 1 aromatic carbocycles. The van der Waals surface area contributed by atoms with Crippen LogP contribution in [-0.2, 0) is 9.53 Å². The molecule has 0 aliphatic rings. The zero-order chi connectivity index (χ0) is 14.1. The molecule has 0 saturated carbocycles. The quantitative estimate of drug-likeness (QED) is 0.482. The molecule has 0 amide bonds. The highest BCUT2D eigenvalue weighted by Crippen LogP contribution is 2.07. The molecule has 0 saturated heterocycles. The van der Waals surface area contributed by atoms with E-state index in [1.54, 1.807) is 25.1 Å². The molecule has 0 aromatic heterocycles. The summed E-state index contributed by atoms with van der Waals surface area (Å²) in [6.45, 7) is 1.56. The standard InChI is InChI=1S/C15H16O3S/c1-12(16)19-10-5-3-4-7-13-8-6-9-14(11-13)15(17)18-2/h6,8-9,11H,3,5,10H2,1-2H3. The number of methoxy groups -OCH3 is 1. The normalized spacial score (nSPS) is 9.37. The van der Waals surface area contributed by atoms with Gasteiger partial charge in [0, 0.05) is 24.7 Å². The molecule has 19 heavy (non-hydrogen) atoms. The number of benzene rings is 1. The Hall–Kier alpha value is -1.73. The van der Waals surface area contributed by atoms with Gasteiger partial charge in [0.05, 0.1) is 12.7 Å². The molecule has 0 fully saturated rings. The van der Waals surface area contributed by atoms with Crippen molar-refractivity contribution in [1.29, 1.82) is 0 Å². The molecular weight excluding hydrogens is 260 g/mol. The van der Waals surface area contributed by atoms with E-state index in [0.29, 0.717) is 5.56 Å². The Balaban J connectivity index is 2.49. The van der Waals surface area contributed by atoms with Crippen LogP contribution in [0.25, 0.3) is 0 Å². The predicted octanol–water partition coefficient (Wildman–Crippen LogP) is 2.88. The fraction of sp³-hybridized carbons (Fsp3) is 0.333. The number of ether oxygens (including phenoxy) is 1. The van der Waals surface area contributed by atoms with Crippen molar-refractivity contribution in [2.45, 2.75) is 19.8 Å². The van der Waals surface area contributed by atoms with E-state index in [0.717, 1.165) is 24.2 Å². The lowest BCUT2D eigenvalue weighted by molar-refractivity contribution is -0.109. The lowest BCUT2D eigenvalue weighted by Crippen LogP contribution is -2.00. The second-order valence-electron chi connectivity index (χ2n) is 3.82. The zero-order valence-electron chi connectivity index (χ0n) is 11.1. The number of rotatable bonds is 4. The second kappa shape index (κ2) is 8.39. The lowest BCUT2D eigenvalue weighted by atomic mass is 10.1. The summed E-state index contributed by atoms with van der Waals surface area (Å²) in [6.07, 6.45) is 1.62. The Morgan fingerprint density at radius 1 is 1.37 bits per heavy atom. The summed E-state index contributed by atoms with van der Waals surface area (Å²) >= 11 is 1.32. The molecule has 3 nitrogen and oxygen atoms in total. The van der Waals surface area contributed by atoms with E-state index in [1.807, 2.05) is 6.07 Å². The highest BCUT2D eigenvalue weighted by Gasteiger charge is 2.03. The molecule has 100 valence electrons. The van der Waals surface area contributed by atoms with Crippen molar-refractivity contribution in [3.63, 3.8) is 0 Å². The topological polar surface area (TPSA) is 43.4 Å². The van der Waals surface area contributed by atoms with Crippen molar-refractivity contribution >= 4 is 22.8 Å². The first-order chi connectivity index (χ1) is 9.13. The van der Waals surface area contributed by atoms with Crippen molar-refractivity contribution in [3.05, 3.63) is 35.4 Å². The van der Waals surface area contributed by atoms with Gasteiger partial charge in [-0.25, -0.2) is 4.79 Å². The monoisotopic (exact) mass is 276 g/mol. The number of hydrogen-bond acceptors (Lipinski definition) is 4. The van der Waals surface area contributed by atoms with Gasteiger partial charge in [0.15, 0.2) is 5.12 Å². The number of thioether (sulfide) groups is 1. The summed E-state index contributed by atoms with van der Waals surface area (Å²) in [6, 6.07) is 7.04. The maximum atomic E-state index is 11.3. The van der Waals surface area contributed by atoms with E-state index in [1.165, 1.54) is 18.9 Å². The maximum absolute atomic E-state index is 11.3. The predicted molar refractivity (Wildman–Crippen MR) is 77.0 cm³/mol. The average molecular weight is 276 g/mol. The highest BCUT2D eigenvalue weighted by atomic mass is 32.2. The van der Waals surface area contributed by atoms with Crippen LogP contribution < -0.4 is 0 Å². The first kappa shape index (κ1) is 15.3. The Labute approximate surface area is 117 Å². The molecule has 0 spiro atoms. The first-order valence-corrected chi connectivity index (χ1v) is 6.92. The molecule has 4 heteroatoms. The number of carbonyl (C=O) groups excluding carboxylic acids is 2. The fourth-order valence-electron chi connectivity index (χ4n) is 1.38. The number of unbranched alkanes of at least 4 members (excludes halogenated alkanes) is 1. The summed E-state index contributed by atoms with van der Waals surface area (Å²) in [5.74, 6) is 6.47. The van der Waals surface area contributed by atoms with Crippen LogP contribution in [0.3, 0.4) is 0 Å². The van der Waals surface area contributed by atoms with Gasteiger partial charge < -0.3 is 4.74 Å². The maximum Gasteiger partial charge on any atom is 0.337 e. The van der Waals surface area contributed by atoms with E-state index < -0.39 is 0 Å². The highest BCUT2D eigenvalue weighted by molar-refractivity contribution is 8.13. The van der Waals surface area contributed by atoms with E-state index in [-0.39, 0.29) is 11.1 Å². The minimum absolute atomic E-state index is 0.138. The van der Waals surface area contributed by atoms with Gasteiger partial charge in [-0.3, -0.25) is 4.79 Å². The van der Waals surface area contributed by atoms with Crippen LogP contribution in [0, 0.1) is 11.8 Å². The third-order valence-electron chi connectivity index (χ3n) is 2.27. The Bertz CT molecular complexity index is 512. The van der Waals surface area contributed by atoms with Crippen molar-refractivity contribution in [3.8, 4) is 11.8 Å². The molecule has 1 aromatic rings. The summed E-state index contributed by atoms with van der Waals surface area (Å²) in [4.78, 5) is 22.1. The summed E-state index contributed by atoms with van der Waals surface area (Å²) in [5, 5.41) is 0.138. The second-order valence-corrected chi connectivity index (χ2v) is 5.09. The van der Waals surface area contributed by atoms with Crippen molar-refractivity contribution in [2.75, 3.05) is 12.9 Å². The summed E-state index contributed by atoms with van der Waals surface area (Å²) in [7, 11) is 1.35. The van der Waals surface area contributed by atoms with Gasteiger partial charge in [-0.15, -0.1) is 0 Å². The third kappa shape index (κ3) is 6.12. The van der Waals surface area contributed by atoms with E-state index in [2.05, 4.69) is 16.6 Å². The van der Waals surface area contributed by atoms with Gasteiger partial charge in [0.25, 0.3) is 0 Å². The van der Waals surface area contributed by atoms with Crippen LogP contribution in [-0.4, -0.2) is 23.9 Å². The first-order valence-electron chi connectivity index (χ1n) is 5.94. The third-order valence-corrected chi connectivity index (χ3v) is 3.17. The molecule has 0 radical (unpaired) electrons. The molecule has 0 aliphatic carbocycles. The molecule has 0 unspecified atom stereocenters. The van der Waals surface area contributed by atoms with E-state index in [4.69, 9.17) is 0 Å². The molecule has 0 heterocycles. The zero-order valence-corrected chi connectivity index (χ0v) is 11.9. The molecule has 1 rings (SSSR count). The lowest BCUT2D eigenvalue weighted by Gasteiger charge is -1.98. The number of esters is 1. The minimum Gasteiger partial charge on any atom is -0.465 e. The van der Waals surface area contributed by atoms with E-state index >= 15 is 0 Å². The molecule has 0 aliphatic heterocycles. The van der Waals surface area contributed by atoms with Gasteiger partial charge in [-0.2, -0.15) is 0 Å². The molecule has 0 bridgehead atoms. The van der Waals surface area contributed by atoms with Crippen LogP contribution in [0.2, 0.25) is 0 Å². The van der Waals surface area contributed by atoms with Crippen molar-refractivity contribution in [2.24, 2.45) is 0 Å². The molecule has 0 N–H and O–H groups in total. The summed E-state index contributed by atoms with van der Waals surface area (Å²) in [5.41, 5.74) is 1.29. The van der Waals surface area contributed by atoms with Gasteiger partial charge in [0.2, 0.25) is 0 Å². The van der Waals surface area contributed by atoms with Gasteiger partial charge in [-0.1, -0.05) is 29.7 Å². The van der Waals surface area contributed by atoms with Gasteiger partial charge >= 0.3 is 5.97 Å². The van der Waals surface area contributed by atoms with Crippen LogP contribution in [0.15, 0.2) is 24.3 Å². The van der Waals surface area contributed by atoms with Crippen molar-refractivity contribution < 1.29 is 14.3 Å². The summed E-state index contributed by atoms with van der Waals surface area (Å²) < 4.78 is 4.65. The van der Waals surface area contributed by atoms with Gasteiger partial charge in [-0.05, 0) is 24.6 Å². The van der Waals surface area contributed by atoms with Crippen LogP contribution >= 0.6 is 11.8 Å². The van der Waals surface area contributed by atoms with Crippen molar-refractivity contribution in [1.82, 2.24) is 0 Å². The SMILES string of the molecule is COC(=O)c1cccc(C#CCCCSC(C)=O)c1. The largest absolute Gasteiger partial charge is 0.465 e. The number of hydrogen-bond donors (Lipinski definition) is 0. The van der Waals surface area contributed by atoms with E-state index in [9.17, 15) is 9.59 Å².